The lowest BCUT2D eigenvalue weighted by Gasteiger charge is -2.10. The van der Waals surface area contributed by atoms with Crippen LogP contribution in [-0.4, -0.2) is 35.4 Å². The second-order valence-corrected chi connectivity index (χ2v) is 11.2. The summed E-state index contributed by atoms with van der Waals surface area (Å²) < 4.78 is 0. The van der Waals surface area contributed by atoms with E-state index in [1.807, 2.05) is 26.0 Å². The van der Waals surface area contributed by atoms with Crippen molar-refractivity contribution in [3.63, 3.8) is 0 Å². The maximum absolute atomic E-state index is 12.6. The van der Waals surface area contributed by atoms with Crippen LogP contribution in [-0.2, 0) is 0 Å². The number of hydrogen-bond acceptors (Lipinski definition) is 6. The van der Waals surface area contributed by atoms with E-state index in [4.69, 9.17) is 0 Å². The highest BCUT2D eigenvalue weighted by atomic mass is 16.2. The third kappa shape index (κ3) is 9.04. The first-order valence-corrected chi connectivity index (χ1v) is 15.3. The van der Waals surface area contributed by atoms with Gasteiger partial charge < -0.3 is 10.6 Å². The minimum Gasteiger partial charge on any atom is -0.322 e. The molecule has 5 aromatic rings. The van der Waals surface area contributed by atoms with E-state index in [9.17, 15) is 28.8 Å². The van der Waals surface area contributed by atoms with Gasteiger partial charge in [0.15, 0.2) is 0 Å². The molecule has 5 aromatic carbocycles. The molecule has 0 fully saturated rings. The molecule has 0 spiro atoms. The number of hydrazine groups is 2. The molecule has 6 amide bonds. The summed E-state index contributed by atoms with van der Waals surface area (Å²) in [4.78, 5) is 75.2. The molecular formula is C38H32N6O6. The first kappa shape index (κ1) is 34.3. The van der Waals surface area contributed by atoms with E-state index in [1.54, 1.807) is 60.7 Å². The SMILES string of the molecule is Cc1cccc(C(=O)Nc2ccc(C(=O)NNC(=O)c3ccc(C(=O)NNC(=O)c4ccc(NC(=O)c5cccc(C)c5)cc4)cc3)cc2)c1. The zero-order valence-corrected chi connectivity index (χ0v) is 27.0. The fourth-order valence-electron chi connectivity index (χ4n) is 4.68. The van der Waals surface area contributed by atoms with Crippen LogP contribution >= 0.6 is 0 Å². The smallest absolute Gasteiger partial charge is 0.269 e. The molecule has 0 saturated heterocycles. The number of aryl methyl sites for hydroxylation is 2. The molecule has 0 heterocycles. The van der Waals surface area contributed by atoms with Crippen LogP contribution in [0.25, 0.3) is 0 Å². The Labute approximate surface area is 287 Å². The topological polar surface area (TPSA) is 175 Å². The first-order valence-electron chi connectivity index (χ1n) is 15.3. The fraction of sp³-hybridized carbons (Fsp3) is 0.0526. The Bertz CT molecular complexity index is 1930. The average molecular weight is 669 g/mol. The van der Waals surface area contributed by atoms with Crippen molar-refractivity contribution < 1.29 is 28.8 Å². The van der Waals surface area contributed by atoms with Crippen LogP contribution in [0.1, 0.15) is 73.3 Å². The number of carbonyl (C=O) groups is 6. The first-order chi connectivity index (χ1) is 24.0. The summed E-state index contributed by atoms with van der Waals surface area (Å²) in [7, 11) is 0. The maximum Gasteiger partial charge on any atom is 0.269 e. The van der Waals surface area contributed by atoms with Crippen molar-refractivity contribution in [1.82, 2.24) is 21.7 Å². The van der Waals surface area contributed by atoms with Gasteiger partial charge in [0.05, 0.1) is 0 Å². The highest BCUT2D eigenvalue weighted by molar-refractivity contribution is 6.06. The van der Waals surface area contributed by atoms with Gasteiger partial charge >= 0.3 is 0 Å². The highest BCUT2D eigenvalue weighted by Gasteiger charge is 2.14. The van der Waals surface area contributed by atoms with Crippen LogP contribution in [0.3, 0.4) is 0 Å². The van der Waals surface area contributed by atoms with Crippen molar-refractivity contribution in [1.29, 1.82) is 0 Å². The Balaban J connectivity index is 1.05. The Morgan fingerprint density at radius 1 is 0.340 bits per heavy atom. The molecule has 50 heavy (non-hydrogen) atoms. The van der Waals surface area contributed by atoms with E-state index in [1.165, 1.54) is 48.5 Å². The van der Waals surface area contributed by atoms with Gasteiger partial charge in [-0.3, -0.25) is 50.5 Å². The lowest BCUT2D eigenvalue weighted by atomic mass is 10.1. The lowest BCUT2D eigenvalue weighted by molar-refractivity contribution is 0.0844. The van der Waals surface area contributed by atoms with E-state index < -0.39 is 23.6 Å². The maximum atomic E-state index is 12.6. The summed E-state index contributed by atoms with van der Waals surface area (Å²) in [6.07, 6.45) is 0. The van der Waals surface area contributed by atoms with Gasteiger partial charge in [0.2, 0.25) is 0 Å². The number of hydrogen-bond donors (Lipinski definition) is 6. The normalized spacial score (nSPS) is 10.3. The molecule has 0 saturated carbocycles. The molecule has 12 heteroatoms. The lowest BCUT2D eigenvalue weighted by Crippen LogP contribution is -2.42. The minimum atomic E-state index is -0.626. The monoisotopic (exact) mass is 668 g/mol. The summed E-state index contributed by atoms with van der Waals surface area (Å²) in [6.45, 7) is 3.78. The fourth-order valence-corrected chi connectivity index (χ4v) is 4.68. The minimum absolute atomic E-state index is 0.162. The van der Waals surface area contributed by atoms with Crippen molar-refractivity contribution in [3.8, 4) is 0 Å². The quantitative estimate of drug-likeness (QED) is 0.128. The van der Waals surface area contributed by atoms with E-state index >= 15 is 0 Å². The Morgan fingerprint density at radius 3 is 0.900 bits per heavy atom. The van der Waals surface area contributed by atoms with Gasteiger partial charge in [0, 0.05) is 44.8 Å². The summed E-state index contributed by atoms with van der Waals surface area (Å²) >= 11 is 0. The van der Waals surface area contributed by atoms with E-state index in [-0.39, 0.29) is 34.1 Å². The highest BCUT2D eigenvalue weighted by Crippen LogP contribution is 2.14. The summed E-state index contributed by atoms with van der Waals surface area (Å²) in [6, 6.07) is 32.1. The molecule has 6 N–H and O–H groups in total. The van der Waals surface area contributed by atoms with Gasteiger partial charge in [-0.1, -0.05) is 35.4 Å². The van der Waals surface area contributed by atoms with E-state index in [2.05, 4.69) is 32.3 Å². The van der Waals surface area contributed by atoms with E-state index in [0.717, 1.165) is 11.1 Å². The van der Waals surface area contributed by atoms with Gasteiger partial charge in [-0.25, -0.2) is 0 Å². The van der Waals surface area contributed by atoms with E-state index in [0.29, 0.717) is 22.5 Å². The van der Waals surface area contributed by atoms with Crippen molar-refractivity contribution in [2.24, 2.45) is 0 Å². The van der Waals surface area contributed by atoms with Gasteiger partial charge in [0.1, 0.15) is 0 Å². The molecule has 0 aliphatic heterocycles. The zero-order valence-electron chi connectivity index (χ0n) is 27.0. The Morgan fingerprint density at radius 2 is 0.620 bits per heavy atom. The van der Waals surface area contributed by atoms with Crippen LogP contribution < -0.4 is 32.3 Å². The van der Waals surface area contributed by atoms with Crippen LogP contribution in [0.2, 0.25) is 0 Å². The predicted molar refractivity (Wildman–Crippen MR) is 187 cm³/mol. The van der Waals surface area contributed by atoms with Crippen molar-refractivity contribution in [3.05, 3.63) is 166 Å². The summed E-state index contributed by atoms with van der Waals surface area (Å²) in [5.74, 6) is -2.98. The van der Waals surface area contributed by atoms with Gasteiger partial charge in [-0.05, 0) is 111 Å². The Kier molecular flexibility index (Phi) is 10.7. The van der Waals surface area contributed by atoms with Crippen molar-refractivity contribution in [2.75, 3.05) is 10.6 Å². The summed E-state index contributed by atoms with van der Waals surface area (Å²) in [5, 5.41) is 5.54. The largest absolute Gasteiger partial charge is 0.322 e. The average Bonchev–Trinajstić information content (AvgIpc) is 3.13. The number of anilines is 2. The van der Waals surface area contributed by atoms with Crippen LogP contribution in [0.15, 0.2) is 121 Å². The number of rotatable bonds is 8. The molecule has 0 bridgehead atoms. The molecule has 0 radical (unpaired) electrons. The van der Waals surface area contributed by atoms with Crippen molar-refractivity contribution >= 4 is 46.8 Å². The number of benzene rings is 5. The standard InChI is InChI=1S/C38H32N6O6/c1-23-5-3-7-29(21-23)33(45)39-31-17-13-27(14-18-31)37(49)43-41-35(47)25-9-11-26(12-10-25)36(48)42-44-38(50)28-15-19-32(20-16-28)40-34(46)30-8-4-6-24(2)22-30/h3-22H,1-2H3,(H,39,45)(H,40,46)(H,41,47)(H,42,48)(H,43,49)(H,44,50). The molecule has 0 aliphatic carbocycles. The third-order valence-electron chi connectivity index (χ3n) is 7.36. The molecule has 0 unspecified atom stereocenters. The van der Waals surface area contributed by atoms with Crippen LogP contribution in [0.5, 0.6) is 0 Å². The molecular weight excluding hydrogens is 636 g/mol. The molecule has 0 aromatic heterocycles. The third-order valence-corrected chi connectivity index (χ3v) is 7.36. The van der Waals surface area contributed by atoms with Crippen molar-refractivity contribution in [2.45, 2.75) is 13.8 Å². The second kappa shape index (κ2) is 15.7. The summed E-state index contributed by atoms with van der Waals surface area (Å²) in [5.41, 5.74) is 14.0. The van der Waals surface area contributed by atoms with Crippen LogP contribution in [0.4, 0.5) is 11.4 Å². The Hall–Kier alpha value is -7.08. The number of nitrogens with one attached hydrogen (secondary N) is 6. The van der Waals surface area contributed by atoms with Gasteiger partial charge in [-0.15, -0.1) is 0 Å². The molecule has 0 atom stereocenters. The molecule has 250 valence electrons. The molecule has 0 aliphatic rings. The van der Waals surface area contributed by atoms with Gasteiger partial charge in [0.25, 0.3) is 35.4 Å². The number of carbonyl (C=O) groups excluding carboxylic acids is 6. The van der Waals surface area contributed by atoms with Crippen LogP contribution in [0, 0.1) is 13.8 Å². The number of amides is 6. The zero-order chi connectivity index (χ0) is 35.6. The second-order valence-electron chi connectivity index (χ2n) is 11.2. The van der Waals surface area contributed by atoms with Gasteiger partial charge in [-0.2, -0.15) is 0 Å². The predicted octanol–water partition coefficient (Wildman–Crippen LogP) is 4.96. The molecule has 5 rings (SSSR count). The molecule has 12 nitrogen and oxygen atoms in total.